The summed E-state index contributed by atoms with van der Waals surface area (Å²) in [5, 5.41) is 22.4. The number of ether oxygens (including phenoxy) is 2. The Bertz CT molecular complexity index is 589. The van der Waals surface area contributed by atoms with Gasteiger partial charge in [-0.25, -0.2) is 14.8 Å². The number of rotatable bonds is 3. The van der Waals surface area contributed by atoms with Crippen LogP contribution in [0, 0.1) is 5.21 Å². The van der Waals surface area contributed by atoms with Crippen molar-refractivity contribution in [1.29, 1.82) is 0 Å². The van der Waals surface area contributed by atoms with Crippen LogP contribution in [0.1, 0.15) is 13.8 Å². The molecule has 1 saturated heterocycles. The van der Waals surface area contributed by atoms with E-state index in [4.69, 9.17) is 14.7 Å². The van der Waals surface area contributed by atoms with E-state index in [0.29, 0.717) is 0 Å². The highest BCUT2D eigenvalue weighted by Crippen LogP contribution is 2.19. The van der Waals surface area contributed by atoms with E-state index in [-0.39, 0.29) is 11.4 Å². The normalized spacial score (nSPS) is 18.6. The van der Waals surface area contributed by atoms with E-state index in [1.165, 1.54) is 32.0 Å². The number of hydrogen-bond acceptors (Lipinski definition) is 8. The molecular formula is C12H13N3O6. The van der Waals surface area contributed by atoms with Crippen LogP contribution in [-0.2, 0) is 19.1 Å². The number of carbonyl (C=O) groups is 2. The van der Waals surface area contributed by atoms with Gasteiger partial charge in [0.05, 0.1) is 0 Å². The van der Waals surface area contributed by atoms with Gasteiger partial charge in [0.15, 0.2) is 5.69 Å². The molecule has 0 spiro atoms. The molecule has 0 amide bonds. The van der Waals surface area contributed by atoms with E-state index in [1.54, 1.807) is 6.07 Å². The summed E-state index contributed by atoms with van der Waals surface area (Å²) in [7, 11) is 0. The minimum Gasteiger partial charge on any atom is -0.595 e. The van der Waals surface area contributed by atoms with Crippen molar-refractivity contribution in [1.82, 2.24) is 0 Å². The maximum Gasteiger partial charge on any atom is 0.369 e. The molecule has 0 aromatic heterocycles. The molecule has 21 heavy (non-hydrogen) atoms. The summed E-state index contributed by atoms with van der Waals surface area (Å²) in [6, 6.07) is 5.91. The van der Waals surface area contributed by atoms with Crippen LogP contribution in [0.15, 0.2) is 29.4 Å². The van der Waals surface area contributed by atoms with Crippen LogP contribution in [0.4, 0.5) is 11.4 Å². The predicted molar refractivity (Wildman–Crippen MR) is 69.5 cm³/mol. The predicted octanol–water partition coefficient (Wildman–Crippen LogP) is -0.306. The van der Waals surface area contributed by atoms with E-state index in [2.05, 4.69) is 10.5 Å². The monoisotopic (exact) mass is 295 g/mol. The molecule has 2 rings (SSSR count). The van der Waals surface area contributed by atoms with Crippen LogP contribution >= 0.6 is 0 Å². The first-order valence-corrected chi connectivity index (χ1v) is 5.93. The highest BCUT2D eigenvalue weighted by Gasteiger charge is 2.40. The van der Waals surface area contributed by atoms with Gasteiger partial charge in [-0.2, -0.15) is 10.3 Å². The lowest BCUT2D eigenvalue weighted by molar-refractivity contribution is -0.990. The Hall–Kier alpha value is -2.49. The smallest absolute Gasteiger partial charge is 0.369 e. The van der Waals surface area contributed by atoms with Gasteiger partial charge in [0.25, 0.3) is 11.5 Å². The molecule has 1 fully saturated rings. The zero-order valence-electron chi connectivity index (χ0n) is 11.2. The lowest BCUT2D eigenvalue weighted by Gasteiger charge is -2.28. The van der Waals surface area contributed by atoms with E-state index >= 15 is 0 Å². The number of nitrogens with one attached hydrogen (secondary N) is 2. The van der Waals surface area contributed by atoms with Crippen molar-refractivity contribution in [3.63, 3.8) is 0 Å². The largest absolute Gasteiger partial charge is 0.595 e. The number of para-hydroxylation sites is 2. The van der Waals surface area contributed by atoms with E-state index in [9.17, 15) is 14.8 Å². The highest BCUT2D eigenvalue weighted by molar-refractivity contribution is 6.63. The van der Waals surface area contributed by atoms with E-state index < -0.39 is 28.7 Å². The van der Waals surface area contributed by atoms with Gasteiger partial charge in [-0.15, -0.1) is 0 Å². The number of quaternary nitrogens is 1. The highest BCUT2D eigenvalue weighted by atomic mass is 16.8. The fraction of sp³-hybridized carbons (Fsp3) is 0.250. The molecule has 1 unspecified atom stereocenters. The Balaban J connectivity index is 2.22. The van der Waals surface area contributed by atoms with Crippen molar-refractivity contribution in [2.24, 2.45) is 5.10 Å². The summed E-state index contributed by atoms with van der Waals surface area (Å²) in [5.41, 5.74) is 1.84. The maximum atomic E-state index is 11.7. The summed E-state index contributed by atoms with van der Waals surface area (Å²) in [5.74, 6) is -3.25. The van der Waals surface area contributed by atoms with Gasteiger partial charge in [-0.05, 0) is 6.07 Å². The third-order valence-electron chi connectivity index (χ3n) is 2.51. The zero-order chi connectivity index (χ0) is 15.6. The molecular weight excluding hydrogens is 282 g/mol. The van der Waals surface area contributed by atoms with Gasteiger partial charge in [0, 0.05) is 19.9 Å². The van der Waals surface area contributed by atoms with Crippen LogP contribution in [0.3, 0.4) is 0 Å². The minimum atomic E-state index is -1.36. The number of nitrogens with zero attached hydrogens (tertiary/aromatic N) is 1. The van der Waals surface area contributed by atoms with Crippen LogP contribution in [-0.4, -0.2) is 28.6 Å². The van der Waals surface area contributed by atoms with Gasteiger partial charge in [-0.3, -0.25) is 5.43 Å². The molecule has 1 aliphatic heterocycles. The van der Waals surface area contributed by atoms with Crippen molar-refractivity contribution in [3.8, 4) is 0 Å². The number of anilines is 1. The molecule has 0 aliphatic carbocycles. The second-order valence-electron chi connectivity index (χ2n) is 4.60. The Kier molecular flexibility index (Phi) is 3.89. The topological polar surface area (TPSA) is 125 Å². The first kappa shape index (κ1) is 14.9. The molecule has 0 bridgehead atoms. The number of hydrazone groups is 1. The third-order valence-corrected chi connectivity index (χ3v) is 2.51. The van der Waals surface area contributed by atoms with Crippen LogP contribution in [0.25, 0.3) is 0 Å². The average Bonchev–Trinajstić information content (AvgIpc) is 2.36. The molecule has 0 saturated carbocycles. The van der Waals surface area contributed by atoms with Crippen molar-refractivity contribution in [3.05, 3.63) is 29.5 Å². The Morgan fingerprint density at radius 3 is 2.38 bits per heavy atom. The van der Waals surface area contributed by atoms with Crippen molar-refractivity contribution >= 4 is 29.0 Å². The Morgan fingerprint density at radius 1 is 1.24 bits per heavy atom. The lowest BCUT2D eigenvalue weighted by atomic mass is 10.3. The summed E-state index contributed by atoms with van der Waals surface area (Å²) >= 11 is 0. The first-order valence-electron chi connectivity index (χ1n) is 5.93. The number of cyclic esters (lactones) is 2. The standard InChI is InChI=1S/C12H13N3O6/c1-12(2)20-10(16)9(11(17)21-12)14-13-7-5-3-4-6-8(7)15(18)19/h3-6,13,15,18H,1-2H3. The number of hydrogen-bond donors (Lipinski definition) is 3. The van der Waals surface area contributed by atoms with Gasteiger partial charge in [0.1, 0.15) is 5.69 Å². The molecule has 112 valence electrons. The summed E-state index contributed by atoms with van der Waals surface area (Å²) in [4.78, 5) is 23.3. The van der Waals surface area contributed by atoms with Gasteiger partial charge in [-0.1, -0.05) is 12.1 Å². The van der Waals surface area contributed by atoms with Crippen molar-refractivity contribution in [2.75, 3.05) is 5.43 Å². The maximum absolute atomic E-state index is 11.7. The molecule has 1 atom stereocenters. The summed E-state index contributed by atoms with van der Waals surface area (Å²) in [6.07, 6.45) is 0. The fourth-order valence-corrected chi connectivity index (χ4v) is 1.62. The molecule has 1 heterocycles. The van der Waals surface area contributed by atoms with Crippen LogP contribution in [0.5, 0.6) is 0 Å². The van der Waals surface area contributed by atoms with E-state index in [1.807, 2.05) is 0 Å². The molecule has 9 heteroatoms. The molecule has 1 aliphatic rings. The quantitative estimate of drug-likeness (QED) is 0.516. The van der Waals surface area contributed by atoms with Crippen LogP contribution in [0.2, 0.25) is 0 Å². The molecule has 1 aromatic rings. The molecule has 3 N–H and O–H groups in total. The van der Waals surface area contributed by atoms with Crippen molar-refractivity contribution in [2.45, 2.75) is 19.6 Å². The number of esters is 2. The average molecular weight is 295 g/mol. The van der Waals surface area contributed by atoms with Gasteiger partial charge in [0.2, 0.25) is 0 Å². The zero-order valence-corrected chi connectivity index (χ0v) is 11.2. The Labute approximate surface area is 119 Å². The number of carbonyl (C=O) groups excluding carboxylic acids is 2. The SMILES string of the molecule is CC1(C)OC(=O)C(=NNc2ccccc2[NH+]([O-])O)C(=O)O1. The summed E-state index contributed by atoms with van der Waals surface area (Å²) in [6.45, 7) is 2.82. The Morgan fingerprint density at radius 2 is 1.81 bits per heavy atom. The van der Waals surface area contributed by atoms with Gasteiger partial charge < -0.3 is 14.7 Å². The molecule has 0 radical (unpaired) electrons. The number of benzene rings is 1. The van der Waals surface area contributed by atoms with E-state index in [0.717, 1.165) is 0 Å². The first-order chi connectivity index (χ1) is 9.80. The fourth-order valence-electron chi connectivity index (χ4n) is 1.62. The van der Waals surface area contributed by atoms with Crippen LogP contribution < -0.4 is 10.7 Å². The lowest BCUT2D eigenvalue weighted by Crippen LogP contribution is -2.99. The summed E-state index contributed by atoms with van der Waals surface area (Å²) < 4.78 is 9.71. The second kappa shape index (κ2) is 5.48. The molecule has 1 aromatic carbocycles. The van der Waals surface area contributed by atoms with Crippen molar-refractivity contribution < 1.29 is 29.5 Å². The third kappa shape index (κ3) is 3.34. The second-order valence-corrected chi connectivity index (χ2v) is 4.60. The molecule has 9 nitrogen and oxygen atoms in total. The van der Waals surface area contributed by atoms with Gasteiger partial charge >= 0.3 is 11.9 Å². The minimum absolute atomic E-state index is 0.0558.